The number of carbonyl (C=O) groups excluding carboxylic acids is 1. The summed E-state index contributed by atoms with van der Waals surface area (Å²) in [4.78, 5) is 10.8. The molecule has 0 aromatic rings. The fraction of sp³-hybridized carbons (Fsp3) is 0.625. The Labute approximate surface area is 70.8 Å². The fourth-order valence-electron chi connectivity index (χ4n) is 1.05. The summed E-state index contributed by atoms with van der Waals surface area (Å²) >= 11 is 0. The Kier molecular flexibility index (Phi) is 2.10. The third-order valence-corrected chi connectivity index (χ3v) is 1.86. The van der Waals surface area contributed by atoms with Crippen molar-refractivity contribution in [1.82, 2.24) is 0 Å². The second kappa shape index (κ2) is 2.79. The summed E-state index contributed by atoms with van der Waals surface area (Å²) in [6.07, 6.45) is 1.15. The molecule has 0 radical (unpaired) electrons. The van der Waals surface area contributed by atoms with Gasteiger partial charge in [-0.15, -0.1) is 0 Å². The summed E-state index contributed by atoms with van der Waals surface area (Å²) in [6, 6.07) is 0. The maximum Gasteiger partial charge on any atom is 0.337 e. The molecule has 0 aliphatic carbocycles. The van der Waals surface area contributed by atoms with Gasteiger partial charge in [-0.2, -0.15) is 0 Å². The van der Waals surface area contributed by atoms with E-state index >= 15 is 0 Å². The minimum absolute atomic E-state index is 0.169. The molecule has 4 heteroatoms. The fourth-order valence-corrected chi connectivity index (χ4v) is 1.05. The maximum atomic E-state index is 10.8. The van der Waals surface area contributed by atoms with Crippen molar-refractivity contribution >= 4 is 5.97 Å². The molecule has 0 fully saturated rings. The number of cyclic esters (lactones) is 1. The van der Waals surface area contributed by atoms with Crippen molar-refractivity contribution in [3.63, 3.8) is 0 Å². The van der Waals surface area contributed by atoms with Crippen LogP contribution >= 0.6 is 0 Å². The summed E-state index contributed by atoms with van der Waals surface area (Å²) in [5, 5.41) is 9.76. The third-order valence-electron chi connectivity index (χ3n) is 1.86. The van der Waals surface area contributed by atoms with Crippen LogP contribution in [-0.4, -0.2) is 24.0 Å². The Morgan fingerprint density at radius 3 is 2.58 bits per heavy atom. The van der Waals surface area contributed by atoms with Crippen LogP contribution < -0.4 is 0 Å². The summed E-state index contributed by atoms with van der Waals surface area (Å²) in [7, 11) is 1.39. The van der Waals surface area contributed by atoms with Crippen molar-refractivity contribution in [3.05, 3.63) is 11.8 Å². The topological polar surface area (TPSA) is 55.8 Å². The van der Waals surface area contributed by atoms with Crippen molar-refractivity contribution in [2.24, 2.45) is 5.92 Å². The molecule has 1 heterocycles. The summed E-state index contributed by atoms with van der Waals surface area (Å²) in [6.45, 7) is 3.48. The van der Waals surface area contributed by atoms with Crippen LogP contribution in [0.1, 0.15) is 13.8 Å². The molecule has 1 aliphatic rings. The third kappa shape index (κ3) is 1.18. The Hall–Kier alpha value is -1.03. The standard InChI is InChI=1S/C8H12O4/c1-5(2)8(10)6(11-3)4-7(9)12-8/h4-5,10H,1-3H3/t8-/m0/s1. The molecule has 0 saturated carbocycles. The van der Waals surface area contributed by atoms with Crippen LogP contribution in [0.4, 0.5) is 0 Å². The first-order valence-electron chi connectivity index (χ1n) is 3.72. The minimum Gasteiger partial charge on any atom is -0.494 e. The van der Waals surface area contributed by atoms with Crippen molar-refractivity contribution < 1.29 is 19.4 Å². The van der Waals surface area contributed by atoms with Gasteiger partial charge in [0.05, 0.1) is 13.2 Å². The molecule has 0 unspecified atom stereocenters. The highest BCUT2D eigenvalue weighted by Gasteiger charge is 2.45. The Morgan fingerprint density at radius 2 is 2.25 bits per heavy atom. The van der Waals surface area contributed by atoms with E-state index < -0.39 is 11.8 Å². The molecule has 0 aromatic heterocycles. The Morgan fingerprint density at radius 1 is 1.67 bits per heavy atom. The molecular formula is C8H12O4. The number of rotatable bonds is 2. The number of methoxy groups -OCH3 is 1. The zero-order chi connectivity index (χ0) is 9.35. The van der Waals surface area contributed by atoms with Gasteiger partial charge in [-0.05, 0) is 0 Å². The van der Waals surface area contributed by atoms with Gasteiger partial charge in [0.2, 0.25) is 0 Å². The zero-order valence-corrected chi connectivity index (χ0v) is 7.33. The molecule has 0 aromatic carbocycles. The monoisotopic (exact) mass is 172 g/mol. The smallest absolute Gasteiger partial charge is 0.337 e. The van der Waals surface area contributed by atoms with E-state index in [-0.39, 0.29) is 11.7 Å². The molecule has 12 heavy (non-hydrogen) atoms. The minimum atomic E-state index is -1.58. The number of ether oxygens (including phenoxy) is 2. The van der Waals surface area contributed by atoms with E-state index in [2.05, 4.69) is 0 Å². The van der Waals surface area contributed by atoms with Crippen LogP contribution in [0.25, 0.3) is 0 Å². The van der Waals surface area contributed by atoms with Gasteiger partial charge in [0.15, 0.2) is 5.76 Å². The lowest BCUT2D eigenvalue weighted by atomic mass is 10.0. The summed E-state index contributed by atoms with van der Waals surface area (Å²) < 4.78 is 9.54. The average molecular weight is 172 g/mol. The van der Waals surface area contributed by atoms with Crippen molar-refractivity contribution in [1.29, 1.82) is 0 Å². The number of hydrogen-bond donors (Lipinski definition) is 1. The van der Waals surface area contributed by atoms with Crippen LogP contribution in [0.2, 0.25) is 0 Å². The van der Waals surface area contributed by atoms with Crippen LogP contribution in [0.3, 0.4) is 0 Å². The van der Waals surface area contributed by atoms with Gasteiger partial charge < -0.3 is 14.6 Å². The van der Waals surface area contributed by atoms with Crippen molar-refractivity contribution in [2.45, 2.75) is 19.6 Å². The van der Waals surface area contributed by atoms with E-state index in [9.17, 15) is 9.90 Å². The lowest BCUT2D eigenvalue weighted by Crippen LogP contribution is -2.38. The molecule has 68 valence electrons. The zero-order valence-electron chi connectivity index (χ0n) is 7.33. The SMILES string of the molecule is COC1=CC(=O)O[C@@]1(O)C(C)C. The number of carbonyl (C=O) groups is 1. The highest BCUT2D eigenvalue weighted by molar-refractivity contribution is 5.85. The van der Waals surface area contributed by atoms with E-state index in [1.54, 1.807) is 13.8 Å². The molecule has 1 aliphatic heterocycles. The molecule has 1 N–H and O–H groups in total. The number of esters is 1. The molecule has 4 nitrogen and oxygen atoms in total. The molecule has 0 amide bonds. The van der Waals surface area contributed by atoms with Gasteiger partial charge >= 0.3 is 5.97 Å². The van der Waals surface area contributed by atoms with E-state index in [1.807, 2.05) is 0 Å². The normalized spacial score (nSPS) is 28.8. The molecular weight excluding hydrogens is 160 g/mol. The predicted molar refractivity (Wildman–Crippen MR) is 41.0 cm³/mol. The van der Waals surface area contributed by atoms with E-state index in [0.717, 1.165) is 6.08 Å². The van der Waals surface area contributed by atoms with Gasteiger partial charge in [0.1, 0.15) is 0 Å². The summed E-state index contributed by atoms with van der Waals surface area (Å²) in [5.74, 6) is -2.20. The van der Waals surface area contributed by atoms with Crippen LogP contribution in [0, 0.1) is 5.92 Å². The van der Waals surface area contributed by atoms with Gasteiger partial charge in [0, 0.05) is 5.92 Å². The van der Waals surface area contributed by atoms with Crippen LogP contribution in [0.15, 0.2) is 11.8 Å². The largest absolute Gasteiger partial charge is 0.494 e. The maximum absolute atomic E-state index is 10.8. The quantitative estimate of drug-likeness (QED) is 0.613. The first-order chi connectivity index (χ1) is 5.50. The van der Waals surface area contributed by atoms with E-state index in [4.69, 9.17) is 9.47 Å². The molecule has 0 saturated heterocycles. The van der Waals surface area contributed by atoms with Gasteiger partial charge in [0.25, 0.3) is 5.79 Å². The lowest BCUT2D eigenvalue weighted by Gasteiger charge is -2.27. The molecule has 0 bridgehead atoms. The van der Waals surface area contributed by atoms with Crippen LogP contribution in [-0.2, 0) is 14.3 Å². The van der Waals surface area contributed by atoms with Crippen molar-refractivity contribution in [2.75, 3.05) is 7.11 Å². The summed E-state index contributed by atoms with van der Waals surface area (Å²) in [5.41, 5.74) is 0. The van der Waals surface area contributed by atoms with Crippen LogP contribution in [0.5, 0.6) is 0 Å². The second-order valence-corrected chi connectivity index (χ2v) is 2.98. The Bertz CT molecular complexity index is 231. The first-order valence-corrected chi connectivity index (χ1v) is 3.72. The number of hydrogen-bond acceptors (Lipinski definition) is 4. The van der Waals surface area contributed by atoms with Crippen molar-refractivity contribution in [3.8, 4) is 0 Å². The van der Waals surface area contributed by atoms with Gasteiger partial charge in [-0.3, -0.25) is 0 Å². The van der Waals surface area contributed by atoms with Gasteiger partial charge in [-0.25, -0.2) is 4.79 Å². The molecule has 0 spiro atoms. The number of aliphatic hydroxyl groups is 1. The average Bonchev–Trinajstić information content (AvgIpc) is 2.27. The predicted octanol–water partition coefficient (Wildman–Crippen LogP) is 0.418. The second-order valence-electron chi connectivity index (χ2n) is 2.98. The highest BCUT2D eigenvalue weighted by Crippen LogP contribution is 2.32. The first kappa shape index (κ1) is 9.06. The van der Waals surface area contributed by atoms with E-state index in [0.29, 0.717) is 0 Å². The lowest BCUT2D eigenvalue weighted by molar-refractivity contribution is -0.207. The highest BCUT2D eigenvalue weighted by atomic mass is 16.7. The van der Waals surface area contributed by atoms with Gasteiger partial charge in [-0.1, -0.05) is 13.8 Å². The Balaban J connectivity index is 2.94. The molecule has 1 atom stereocenters. The molecule has 1 rings (SSSR count). The van der Waals surface area contributed by atoms with E-state index in [1.165, 1.54) is 7.11 Å².